The van der Waals surface area contributed by atoms with Crippen molar-refractivity contribution in [2.24, 2.45) is 5.10 Å². The van der Waals surface area contributed by atoms with Crippen LogP contribution in [0.15, 0.2) is 47.6 Å². The number of nitrogens with one attached hydrogen (secondary N) is 2. The molecule has 0 aromatic heterocycles. The van der Waals surface area contributed by atoms with Gasteiger partial charge < -0.3 is 5.32 Å². The van der Waals surface area contributed by atoms with Crippen molar-refractivity contribution in [3.8, 4) is 0 Å². The smallest absolute Gasteiger partial charge is 0.326 e. The normalized spacial score (nSPS) is 11.5. The molecule has 0 saturated heterocycles. The van der Waals surface area contributed by atoms with Crippen LogP contribution < -0.4 is 10.7 Å². The minimum absolute atomic E-state index is 0.149. The molecule has 0 radical (unpaired) electrons. The van der Waals surface area contributed by atoms with Crippen molar-refractivity contribution in [1.29, 1.82) is 0 Å². The first-order valence-electron chi connectivity index (χ1n) is 9.80. The standard InChI is InChI=1S/C22H23F4N3O2/c1-2-3-4-5-9-20(30)28-18-8-6-7-15(12-18)21(31)29-27-14-16-10-11-17(13-19(16)23)22(24,25)26/h6-8,10-14H,2-5,9H2,1H3,(H,28,30)(H,29,31). The van der Waals surface area contributed by atoms with Crippen molar-refractivity contribution in [3.63, 3.8) is 0 Å². The van der Waals surface area contributed by atoms with Crippen LogP contribution in [0, 0.1) is 5.82 Å². The van der Waals surface area contributed by atoms with E-state index in [9.17, 15) is 27.2 Å². The molecule has 0 saturated carbocycles. The molecule has 0 heterocycles. The van der Waals surface area contributed by atoms with E-state index in [0.717, 1.165) is 44.0 Å². The summed E-state index contributed by atoms with van der Waals surface area (Å²) in [6, 6.07) is 8.19. The third-order valence-electron chi connectivity index (χ3n) is 4.36. The molecule has 5 nitrogen and oxygen atoms in total. The zero-order valence-electron chi connectivity index (χ0n) is 16.9. The van der Waals surface area contributed by atoms with E-state index in [0.29, 0.717) is 18.2 Å². The molecule has 0 bridgehead atoms. The van der Waals surface area contributed by atoms with Gasteiger partial charge in [0, 0.05) is 23.2 Å². The topological polar surface area (TPSA) is 70.6 Å². The summed E-state index contributed by atoms with van der Waals surface area (Å²) in [6.07, 6.45) is 0.557. The molecule has 0 spiro atoms. The zero-order chi connectivity index (χ0) is 22.9. The van der Waals surface area contributed by atoms with Gasteiger partial charge >= 0.3 is 6.18 Å². The first kappa shape index (κ1) is 24.0. The average Bonchev–Trinajstić information content (AvgIpc) is 2.71. The maximum Gasteiger partial charge on any atom is 0.416 e. The zero-order valence-corrected chi connectivity index (χ0v) is 16.9. The van der Waals surface area contributed by atoms with Crippen molar-refractivity contribution in [2.45, 2.75) is 45.2 Å². The van der Waals surface area contributed by atoms with Gasteiger partial charge in [0.2, 0.25) is 5.91 Å². The van der Waals surface area contributed by atoms with Gasteiger partial charge in [-0.2, -0.15) is 18.3 Å². The second kappa shape index (κ2) is 11.2. The van der Waals surface area contributed by atoms with Crippen LogP contribution in [-0.4, -0.2) is 18.0 Å². The molecule has 0 aliphatic rings. The maximum atomic E-state index is 13.8. The molecule has 166 valence electrons. The van der Waals surface area contributed by atoms with Gasteiger partial charge in [-0.3, -0.25) is 9.59 Å². The van der Waals surface area contributed by atoms with Crippen LogP contribution >= 0.6 is 0 Å². The van der Waals surface area contributed by atoms with E-state index in [2.05, 4.69) is 22.8 Å². The molecule has 0 atom stereocenters. The summed E-state index contributed by atoms with van der Waals surface area (Å²) in [4.78, 5) is 24.2. The lowest BCUT2D eigenvalue weighted by molar-refractivity contribution is -0.137. The second-order valence-corrected chi connectivity index (χ2v) is 6.87. The van der Waals surface area contributed by atoms with Crippen LogP contribution in [0.4, 0.5) is 23.2 Å². The Morgan fingerprint density at radius 3 is 2.52 bits per heavy atom. The molecular formula is C22H23F4N3O2. The van der Waals surface area contributed by atoms with Gasteiger partial charge in [0.05, 0.1) is 11.8 Å². The van der Waals surface area contributed by atoms with Crippen molar-refractivity contribution in [3.05, 3.63) is 65.0 Å². The van der Waals surface area contributed by atoms with Gasteiger partial charge in [0.1, 0.15) is 5.82 Å². The summed E-state index contributed by atoms with van der Waals surface area (Å²) in [5, 5.41) is 6.31. The Bertz CT molecular complexity index is 943. The van der Waals surface area contributed by atoms with Gasteiger partial charge in [-0.05, 0) is 42.8 Å². The number of alkyl halides is 3. The fourth-order valence-electron chi connectivity index (χ4n) is 2.71. The molecule has 0 aliphatic carbocycles. The Labute approximate surface area is 177 Å². The molecule has 0 aliphatic heterocycles. The Morgan fingerprint density at radius 1 is 1.06 bits per heavy atom. The third kappa shape index (κ3) is 7.84. The van der Waals surface area contributed by atoms with Crippen LogP contribution in [0.1, 0.15) is 60.5 Å². The Morgan fingerprint density at radius 2 is 1.84 bits per heavy atom. The number of hydrazone groups is 1. The predicted octanol–water partition coefficient (Wildman–Crippen LogP) is 5.52. The van der Waals surface area contributed by atoms with E-state index < -0.39 is 23.5 Å². The highest BCUT2D eigenvalue weighted by atomic mass is 19.4. The van der Waals surface area contributed by atoms with Gasteiger partial charge in [0.25, 0.3) is 5.91 Å². The minimum Gasteiger partial charge on any atom is -0.326 e. The number of halogens is 4. The number of carbonyl (C=O) groups excluding carboxylic acids is 2. The number of anilines is 1. The summed E-state index contributed by atoms with van der Waals surface area (Å²) in [5.41, 5.74) is 1.50. The second-order valence-electron chi connectivity index (χ2n) is 6.87. The fourth-order valence-corrected chi connectivity index (χ4v) is 2.71. The van der Waals surface area contributed by atoms with Crippen molar-refractivity contribution >= 4 is 23.7 Å². The monoisotopic (exact) mass is 437 g/mol. The number of unbranched alkanes of at least 4 members (excludes halogenated alkanes) is 3. The summed E-state index contributed by atoms with van der Waals surface area (Å²) in [5.74, 6) is -1.89. The molecule has 0 fully saturated rings. The molecule has 2 aromatic carbocycles. The van der Waals surface area contributed by atoms with E-state index in [1.807, 2.05) is 0 Å². The van der Waals surface area contributed by atoms with Crippen LogP contribution in [0.3, 0.4) is 0 Å². The Kier molecular flexibility index (Phi) is 8.72. The van der Waals surface area contributed by atoms with Crippen LogP contribution in [0.2, 0.25) is 0 Å². The molecular weight excluding hydrogens is 414 g/mol. The van der Waals surface area contributed by atoms with E-state index in [-0.39, 0.29) is 17.0 Å². The van der Waals surface area contributed by atoms with E-state index in [1.165, 1.54) is 12.1 Å². The van der Waals surface area contributed by atoms with Crippen LogP contribution in [0.25, 0.3) is 0 Å². The number of amides is 2. The first-order valence-corrected chi connectivity index (χ1v) is 9.80. The minimum atomic E-state index is -4.65. The SMILES string of the molecule is CCCCCCC(=O)Nc1cccc(C(=O)NN=Cc2ccc(C(F)(F)F)cc2F)c1. The lowest BCUT2D eigenvalue weighted by atomic mass is 10.1. The average molecular weight is 437 g/mol. The maximum absolute atomic E-state index is 13.8. The van der Waals surface area contributed by atoms with Gasteiger partial charge in [-0.1, -0.05) is 32.3 Å². The summed E-state index contributed by atoms with van der Waals surface area (Å²) in [7, 11) is 0. The van der Waals surface area contributed by atoms with Crippen molar-refractivity contribution < 1.29 is 27.2 Å². The molecule has 0 unspecified atom stereocenters. The predicted molar refractivity (Wildman–Crippen MR) is 110 cm³/mol. The number of benzene rings is 2. The summed E-state index contributed by atoms with van der Waals surface area (Å²) >= 11 is 0. The Hall–Kier alpha value is -3.23. The van der Waals surface area contributed by atoms with Crippen molar-refractivity contribution in [1.82, 2.24) is 5.43 Å². The van der Waals surface area contributed by atoms with E-state index >= 15 is 0 Å². The molecule has 9 heteroatoms. The first-order chi connectivity index (χ1) is 14.7. The molecule has 2 N–H and O–H groups in total. The van der Waals surface area contributed by atoms with Crippen molar-refractivity contribution in [2.75, 3.05) is 5.32 Å². The largest absolute Gasteiger partial charge is 0.416 e. The molecule has 2 aromatic rings. The number of carbonyl (C=O) groups is 2. The number of hydrogen-bond donors (Lipinski definition) is 2. The lowest BCUT2D eigenvalue weighted by Crippen LogP contribution is -2.18. The lowest BCUT2D eigenvalue weighted by Gasteiger charge is -2.08. The van der Waals surface area contributed by atoms with Crippen LogP contribution in [0.5, 0.6) is 0 Å². The quantitative estimate of drug-likeness (QED) is 0.235. The van der Waals surface area contributed by atoms with Gasteiger partial charge in [-0.25, -0.2) is 9.82 Å². The Balaban J connectivity index is 1.94. The van der Waals surface area contributed by atoms with Gasteiger partial charge in [-0.15, -0.1) is 0 Å². The summed E-state index contributed by atoms with van der Waals surface area (Å²) in [6.45, 7) is 2.08. The molecule has 31 heavy (non-hydrogen) atoms. The highest BCUT2D eigenvalue weighted by Crippen LogP contribution is 2.29. The number of rotatable bonds is 9. The van der Waals surface area contributed by atoms with Crippen LogP contribution in [-0.2, 0) is 11.0 Å². The summed E-state index contributed by atoms with van der Waals surface area (Å²) < 4.78 is 51.5. The number of hydrogen-bond acceptors (Lipinski definition) is 3. The third-order valence-corrected chi connectivity index (χ3v) is 4.36. The van der Waals surface area contributed by atoms with E-state index in [4.69, 9.17) is 0 Å². The number of nitrogens with zero attached hydrogens (tertiary/aromatic N) is 1. The van der Waals surface area contributed by atoms with E-state index in [1.54, 1.807) is 12.1 Å². The molecule has 2 amide bonds. The molecule has 2 rings (SSSR count). The highest BCUT2D eigenvalue weighted by Gasteiger charge is 2.31. The highest BCUT2D eigenvalue weighted by molar-refractivity contribution is 5.97. The van der Waals surface area contributed by atoms with Gasteiger partial charge in [0.15, 0.2) is 0 Å². The fraction of sp³-hybridized carbons (Fsp3) is 0.318.